The van der Waals surface area contributed by atoms with E-state index in [0.717, 1.165) is 32.7 Å². The lowest BCUT2D eigenvalue weighted by molar-refractivity contribution is 0.764. The zero-order valence-corrected chi connectivity index (χ0v) is 18.4. The Hall–Kier alpha value is -3.97. The number of para-hydroxylation sites is 2. The van der Waals surface area contributed by atoms with Crippen molar-refractivity contribution < 1.29 is 0 Å². The molecular formula is C26H19N5OS. The maximum absolute atomic E-state index is 13.3. The van der Waals surface area contributed by atoms with E-state index in [4.69, 9.17) is 0 Å². The van der Waals surface area contributed by atoms with E-state index in [1.165, 1.54) is 0 Å². The Kier molecular flexibility index (Phi) is 4.88. The SMILES string of the molecule is O=c1c2ccccc2n2c(SCc3cccc4cccnc34)nnc2n1Cc1ccccc1. The van der Waals surface area contributed by atoms with Crippen LogP contribution in [0.15, 0.2) is 101 Å². The van der Waals surface area contributed by atoms with Gasteiger partial charge in [-0.3, -0.25) is 18.7 Å². The highest BCUT2D eigenvalue weighted by molar-refractivity contribution is 7.98. The summed E-state index contributed by atoms with van der Waals surface area (Å²) in [4.78, 5) is 17.9. The van der Waals surface area contributed by atoms with Gasteiger partial charge in [0.15, 0.2) is 5.16 Å². The summed E-state index contributed by atoms with van der Waals surface area (Å²) in [5.74, 6) is 1.24. The van der Waals surface area contributed by atoms with E-state index in [0.29, 0.717) is 23.5 Å². The van der Waals surface area contributed by atoms with E-state index >= 15 is 0 Å². The minimum absolute atomic E-state index is 0.0656. The number of nitrogens with zero attached hydrogens (tertiary/aromatic N) is 5. The predicted molar refractivity (Wildman–Crippen MR) is 132 cm³/mol. The highest BCUT2D eigenvalue weighted by Crippen LogP contribution is 2.27. The van der Waals surface area contributed by atoms with Crippen molar-refractivity contribution in [3.8, 4) is 0 Å². The fourth-order valence-corrected chi connectivity index (χ4v) is 5.09. The number of benzene rings is 3. The molecule has 0 aliphatic carbocycles. The van der Waals surface area contributed by atoms with Gasteiger partial charge in [-0.1, -0.05) is 78.5 Å². The van der Waals surface area contributed by atoms with Crippen molar-refractivity contribution >= 4 is 39.3 Å². The molecule has 0 bridgehead atoms. The average Bonchev–Trinajstić information content (AvgIpc) is 3.30. The molecule has 0 N–H and O–H groups in total. The van der Waals surface area contributed by atoms with Gasteiger partial charge in [0.05, 0.1) is 23.0 Å². The Morgan fingerprint density at radius 2 is 1.64 bits per heavy atom. The van der Waals surface area contributed by atoms with E-state index < -0.39 is 0 Å². The second-order valence-corrected chi connectivity index (χ2v) is 8.74. The van der Waals surface area contributed by atoms with Crippen LogP contribution in [0.2, 0.25) is 0 Å². The van der Waals surface area contributed by atoms with Crippen LogP contribution in [0.4, 0.5) is 0 Å². The largest absolute Gasteiger partial charge is 0.272 e. The molecule has 0 saturated carbocycles. The Morgan fingerprint density at radius 3 is 2.55 bits per heavy atom. The summed E-state index contributed by atoms with van der Waals surface area (Å²) in [5, 5.41) is 11.4. The van der Waals surface area contributed by atoms with E-state index in [9.17, 15) is 4.79 Å². The predicted octanol–water partition coefficient (Wildman–Crippen LogP) is 4.93. The lowest BCUT2D eigenvalue weighted by Crippen LogP contribution is -2.24. The third-order valence-electron chi connectivity index (χ3n) is 5.73. The van der Waals surface area contributed by atoms with Gasteiger partial charge in [0.2, 0.25) is 5.78 Å². The lowest BCUT2D eigenvalue weighted by Gasteiger charge is -2.11. The molecule has 0 amide bonds. The van der Waals surface area contributed by atoms with Crippen molar-refractivity contribution in [2.75, 3.05) is 0 Å². The Balaban J connectivity index is 1.47. The average molecular weight is 450 g/mol. The second kappa shape index (κ2) is 8.18. The summed E-state index contributed by atoms with van der Waals surface area (Å²) < 4.78 is 3.69. The Morgan fingerprint density at radius 1 is 0.818 bits per heavy atom. The monoisotopic (exact) mass is 449 g/mol. The summed E-state index contributed by atoms with van der Waals surface area (Å²) in [6.45, 7) is 0.435. The van der Waals surface area contributed by atoms with Gasteiger partial charge in [-0.25, -0.2) is 0 Å². The minimum Gasteiger partial charge on any atom is -0.272 e. The lowest BCUT2D eigenvalue weighted by atomic mass is 10.1. The molecule has 6 rings (SSSR count). The third-order valence-corrected chi connectivity index (χ3v) is 6.71. The van der Waals surface area contributed by atoms with Gasteiger partial charge in [0.25, 0.3) is 5.56 Å². The van der Waals surface area contributed by atoms with Crippen LogP contribution >= 0.6 is 11.8 Å². The molecule has 7 heteroatoms. The first-order chi connectivity index (χ1) is 16.3. The smallest absolute Gasteiger partial charge is 0.263 e. The summed E-state index contributed by atoms with van der Waals surface area (Å²) in [6.07, 6.45) is 1.82. The first kappa shape index (κ1) is 19.7. The van der Waals surface area contributed by atoms with Gasteiger partial charge < -0.3 is 0 Å². The molecule has 3 heterocycles. The second-order valence-electron chi connectivity index (χ2n) is 7.79. The van der Waals surface area contributed by atoms with Crippen molar-refractivity contribution in [1.82, 2.24) is 24.1 Å². The first-order valence-electron chi connectivity index (χ1n) is 10.7. The van der Waals surface area contributed by atoms with E-state index in [-0.39, 0.29) is 5.56 Å². The van der Waals surface area contributed by atoms with Crippen LogP contribution in [0.5, 0.6) is 0 Å². The van der Waals surface area contributed by atoms with Gasteiger partial charge in [0, 0.05) is 17.3 Å². The standard InChI is InChI=1S/C26H19N5OS/c32-24-21-13-4-5-14-22(21)31-25(30(24)16-18-8-2-1-3-9-18)28-29-26(31)33-17-20-11-6-10-19-12-7-15-27-23(19)20/h1-15H,16-17H2. The summed E-state index contributed by atoms with van der Waals surface area (Å²) >= 11 is 1.59. The molecule has 3 aromatic heterocycles. The molecule has 0 atom stereocenters. The molecule has 0 aliphatic heterocycles. The van der Waals surface area contributed by atoms with Gasteiger partial charge in [0.1, 0.15) is 0 Å². The van der Waals surface area contributed by atoms with Crippen LogP contribution in [-0.2, 0) is 12.3 Å². The van der Waals surface area contributed by atoms with Gasteiger partial charge in [-0.2, -0.15) is 0 Å². The molecule has 0 aliphatic rings. The van der Waals surface area contributed by atoms with Crippen molar-refractivity contribution in [3.05, 3.63) is 113 Å². The van der Waals surface area contributed by atoms with Crippen LogP contribution < -0.4 is 5.56 Å². The molecule has 33 heavy (non-hydrogen) atoms. The number of pyridine rings is 1. The quantitative estimate of drug-likeness (QED) is 0.349. The summed E-state index contributed by atoms with van der Waals surface area (Å²) in [6, 6.07) is 27.8. The molecule has 6 aromatic rings. The van der Waals surface area contributed by atoms with Crippen LogP contribution in [0, 0.1) is 0 Å². The Bertz CT molecular complexity index is 1670. The maximum atomic E-state index is 13.3. The summed E-state index contributed by atoms with van der Waals surface area (Å²) in [7, 11) is 0. The molecule has 0 saturated heterocycles. The molecule has 0 spiro atoms. The fourth-order valence-electron chi connectivity index (χ4n) is 4.16. The molecule has 6 nitrogen and oxygen atoms in total. The zero-order valence-electron chi connectivity index (χ0n) is 17.6. The number of fused-ring (bicyclic) bond motifs is 4. The number of rotatable bonds is 5. The molecule has 0 radical (unpaired) electrons. The van der Waals surface area contributed by atoms with Gasteiger partial charge in [-0.15, -0.1) is 10.2 Å². The van der Waals surface area contributed by atoms with Crippen molar-refractivity contribution in [2.45, 2.75) is 17.5 Å². The fraction of sp³-hybridized carbons (Fsp3) is 0.0769. The van der Waals surface area contributed by atoms with Crippen LogP contribution in [0.3, 0.4) is 0 Å². The van der Waals surface area contributed by atoms with E-state index in [1.54, 1.807) is 16.3 Å². The van der Waals surface area contributed by atoms with Crippen LogP contribution in [0.25, 0.3) is 27.6 Å². The molecular weight excluding hydrogens is 430 g/mol. The topological polar surface area (TPSA) is 65.1 Å². The highest BCUT2D eigenvalue weighted by Gasteiger charge is 2.17. The maximum Gasteiger partial charge on any atom is 0.263 e. The number of thioether (sulfide) groups is 1. The van der Waals surface area contributed by atoms with Crippen molar-refractivity contribution in [2.24, 2.45) is 0 Å². The number of hydrogen-bond donors (Lipinski definition) is 0. The number of aromatic nitrogens is 5. The highest BCUT2D eigenvalue weighted by atomic mass is 32.2. The molecule has 0 fully saturated rings. The van der Waals surface area contributed by atoms with Crippen molar-refractivity contribution in [3.63, 3.8) is 0 Å². The zero-order chi connectivity index (χ0) is 22.2. The minimum atomic E-state index is -0.0656. The third kappa shape index (κ3) is 3.47. The van der Waals surface area contributed by atoms with Crippen LogP contribution in [0.1, 0.15) is 11.1 Å². The molecule has 3 aromatic carbocycles. The normalized spacial score (nSPS) is 11.5. The Labute approximate surface area is 193 Å². The van der Waals surface area contributed by atoms with E-state index in [2.05, 4.69) is 39.4 Å². The van der Waals surface area contributed by atoms with Gasteiger partial charge >= 0.3 is 0 Å². The van der Waals surface area contributed by atoms with Crippen LogP contribution in [-0.4, -0.2) is 24.1 Å². The first-order valence-corrected chi connectivity index (χ1v) is 11.6. The van der Waals surface area contributed by atoms with E-state index in [1.807, 2.05) is 71.3 Å². The summed E-state index contributed by atoms with van der Waals surface area (Å²) in [5.41, 5.74) is 3.91. The molecule has 0 unspecified atom stereocenters. The van der Waals surface area contributed by atoms with Gasteiger partial charge in [-0.05, 0) is 29.3 Å². The molecule has 160 valence electrons. The van der Waals surface area contributed by atoms with Crippen molar-refractivity contribution in [1.29, 1.82) is 0 Å². The number of hydrogen-bond acceptors (Lipinski definition) is 5.